The molecule has 0 fully saturated rings. The van der Waals surface area contributed by atoms with E-state index in [0.29, 0.717) is 35.3 Å². The standard InChI is InChI=1S/C29H33N5O2/c1-4-5-6-7-10-18-33-20(2)30-27-25(29(33)35)26-28(32-24-12-9-8-11-23(24)31-26)34(27)19-17-21-13-15-22(36-3)16-14-21/h8-9,11-16H,4-7,10,17-19H2,1-3H3. The Morgan fingerprint density at radius 1 is 0.806 bits per heavy atom. The Bertz CT molecular complexity index is 1570. The molecule has 0 atom stereocenters. The number of nitrogens with zero attached hydrogens (tertiary/aromatic N) is 5. The molecule has 0 amide bonds. The SMILES string of the molecule is CCCCCCCn1c(C)nc2c(c1=O)c1nc3ccccc3nc1n2CCc1ccc(OC)cc1. The first-order chi connectivity index (χ1) is 17.6. The van der Waals surface area contributed by atoms with Gasteiger partial charge in [-0.05, 0) is 49.6 Å². The van der Waals surface area contributed by atoms with Gasteiger partial charge in [-0.2, -0.15) is 0 Å². The van der Waals surface area contributed by atoms with Gasteiger partial charge in [0.25, 0.3) is 5.56 Å². The third kappa shape index (κ3) is 4.57. The largest absolute Gasteiger partial charge is 0.497 e. The van der Waals surface area contributed by atoms with E-state index in [-0.39, 0.29) is 5.56 Å². The van der Waals surface area contributed by atoms with Crippen molar-refractivity contribution in [2.45, 2.75) is 65.5 Å². The Balaban J connectivity index is 1.60. The number of rotatable bonds is 10. The minimum absolute atomic E-state index is 0.0224. The lowest BCUT2D eigenvalue weighted by Crippen LogP contribution is -2.24. The van der Waals surface area contributed by atoms with Gasteiger partial charge in [-0.1, -0.05) is 56.9 Å². The molecule has 7 nitrogen and oxygen atoms in total. The molecule has 186 valence electrons. The van der Waals surface area contributed by atoms with Gasteiger partial charge in [0.15, 0.2) is 11.3 Å². The second-order valence-electron chi connectivity index (χ2n) is 9.36. The van der Waals surface area contributed by atoms with E-state index in [1.54, 1.807) is 7.11 Å². The highest BCUT2D eigenvalue weighted by molar-refractivity contribution is 6.04. The maximum Gasteiger partial charge on any atom is 0.265 e. The zero-order chi connectivity index (χ0) is 25.1. The molecule has 36 heavy (non-hydrogen) atoms. The molecule has 3 heterocycles. The van der Waals surface area contributed by atoms with E-state index in [1.165, 1.54) is 24.8 Å². The zero-order valence-corrected chi connectivity index (χ0v) is 21.3. The van der Waals surface area contributed by atoms with Crippen molar-refractivity contribution in [3.8, 4) is 5.75 Å². The summed E-state index contributed by atoms with van der Waals surface area (Å²) in [4.78, 5) is 28.6. The van der Waals surface area contributed by atoms with Crippen molar-refractivity contribution in [2.24, 2.45) is 0 Å². The molecule has 0 N–H and O–H groups in total. The lowest BCUT2D eigenvalue weighted by molar-refractivity contribution is 0.414. The molecule has 0 bridgehead atoms. The summed E-state index contributed by atoms with van der Waals surface area (Å²) in [6, 6.07) is 15.9. The fraction of sp³-hybridized carbons (Fsp3) is 0.379. The van der Waals surface area contributed by atoms with Crippen LogP contribution in [0, 0.1) is 6.92 Å². The number of methoxy groups -OCH3 is 1. The zero-order valence-electron chi connectivity index (χ0n) is 21.3. The van der Waals surface area contributed by atoms with Gasteiger partial charge in [0.05, 0.1) is 18.1 Å². The first-order valence-corrected chi connectivity index (χ1v) is 12.9. The summed E-state index contributed by atoms with van der Waals surface area (Å²) in [5, 5.41) is 0.567. The van der Waals surface area contributed by atoms with E-state index in [1.807, 2.05) is 47.9 Å². The van der Waals surface area contributed by atoms with Crippen LogP contribution in [0.15, 0.2) is 53.3 Å². The average molecular weight is 484 g/mol. The van der Waals surface area contributed by atoms with Gasteiger partial charge < -0.3 is 9.30 Å². The van der Waals surface area contributed by atoms with E-state index < -0.39 is 0 Å². The smallest absolute Gasteiger partial charge is 0.265 e. The van der Waals surface area contributed by atoms with E-state index >= 15 is 0 Å². The van der Waals surface area contributed by atoms with Crippen LogP contribution in [-0.2, 0) is 19.5 Å². The number of fused-ring (bicyclic) bond motifs is 4. The molecule has 0 saturated carbocycles. The van der Waals surface area contributed by atoms with Crippen molar-refractivity contribution in [1.29, 1.82) is 0 Å². The van der Waals surface area contributed by atoms with Gasteiger partial charge in [0, 0.05) is 13.1 Å². The molecule has 3 aromatic heterocycles. The minimum atomic E-state index is -0.0224. The number of benzene rings is 2. The molecular formula is C29H33N5O2. The highest BCUT2D eigenvalue weighted by Crippen LogP contribution is 2.26. The first kappa shape index (κ1) is 24.0. The van der Waals surface area contributed by atoms with Crippen LogP contribution >= 0.6 is 0 Å². The van der Waals surface area contributed by atoms with Gasteiger partial charge in [-0.3, -0.25) is 9.36 Å². The summed E-state index contributed by atoms with van der Waals surface area (Å²) in [7, 11) is 1.67. The second kappa shape index (κ2) is 10.5. The van der Waals surface area contributed by atoms with Crippen LogP contribution in [0.2, 0.25) is 0 Å². The number of ether oxygens (including phenoxy) is 1. The lowest BCUT2D eigenvalue weighted by atomic mass is 10.1. The van der Waals surface area contributed by atoms with Gasteiger partial charge >= 0.3 is 0 Å². The molecule has 0 aliphatic heterocycles. The van der Waals surface area contributed by atoms with E-state index in [2.05, 4.69) is 23.6 Å². The monoisotopic (exact) mass is 483 g/mol. The Hall–Kier alpha value is -3.74. The Morgan fingerprint density at radius 2 is 1.53 bits per heavy atom. The molecule has 5 aromatic rings. The normalized spacial score (nSPS) is 11.6. The average Bonchev–Trinajstić information content (AvgIpc) is 3.19. The van der Waals surface area contributed by atoms with Crippen molar-refractivity contribution in [1.82, 2.24) is 24.1 Å². The summed E-state index contributed by atoms with van der Waals surface area (Å²) < 4.78 is 9.17. The molecule has 0 radical (unpaired) electrons. The fourth-order valence-electron chi connectivity index (χ4n) is 4.88. The van der Waals surface area contributed by atoms with Crippen LogP contribution in [0.1, 0.15) is 50.4 Å². The molecule has 2 aromatic carbocycles. The molecule has 5 rings (SSSR count). The molecular weight excluding hydrogens is 450 g/mol. The van der Waals surface area contributed by atoms with Gasteiger partial charge in [-0.25, -0.2) is 15.0 Å². The number of hydrogen-bond acceptors (Lipinski definition) is 5. The first-order valence-electron chi connectivity index (χ1n) is 12.9. The van der Waals surface area contributed by atoms with Crippen molar-refractivity contribution >= 4 is 33.2 Å². The molecule has 0 saturated heterocycles. The maximum atomic E-state index is 13.8. The summed E-state index contributed by atoms with van der Waals surface area (Å²) in [6.45, 7) is 5.46. The van der Waals surface area contributed by atoms with Crippen molar-refractivity contribution in [3.63, 3.8) is 0 Å². The van der Waals surface area contributed by atoms with Crippen LogP contribution in [0.3, 0.4) is 0 Å². The number of hydrogen-bond donors (Lipinski definition) is 0. The third-order valence-corrected chi connectivity index (χ3v) is 6.91. The second-order valence-corrected chi connectivity index (χ2v) is 9.36. The van der Waals surface area contributed by atoms with E-state index in [0.717, 1.165) is 41.9 Å². The summed E-state index contributed by atoms with van der Waals surface area (Å²) in [5.41, 5.74) is 4.76. The fourth-order valence-corrected chi connectivity index (χ4v) is 4.88. The highest BCUT2D eigenvalue weighted by Gasteiger charge is 2.21. The topological polar surface area (TPSA) is 74.8 Å². The predicted molar refractivity (Wildman–Crippen MR) is 145 cm³/mol. The van der Waals surface area contributed by atoms with Gasteiger partial charge in [0.1, 0.15) is 22.5 Å². The molecule has 0 aliphatic rings. The summed E-state index contributed by atoms with van der Waals surface area (Å²) in [5.74, 6) is 1.57. The quantitative estimate of drug-likeness (QED) is 0.234. The number of aromatic nitrogens is 5. The summed E-state index contributed by atoms with van der Waals surface area (Å²) >= 11 is 0. The van der Waals surface area contributed by atoms with Crippen LogP contribution in [0.25, 0.3) is 33.2 Å². The molecule has 7 heteroatoms. The third-order valence-electron chi connectivity index (χ3n) is 6.91. The number of aryl methyl sites for hydroxylation is 3. The van der Waals surface area contributed by atoms with E-state index in [4.69, 9.17) is 19.7 Å². The highest BCUT2D eigenvalue weighted by atomic mass is 16.5. The lowest BCUT2D eigenvalue weighted by Gasteiger charge is -2.11. The molecule has 0 aliphatic carbocycles. The Kier molecular flexibility index (Phi) is 6.98. The Labute approximate surface area is 210 Å². The summed E-state index contributed by atoms with van der Waals surface area (Å²) in [6.07, 6.45) is 6.50. The molecule has 0 unspecified atom stereocenters. The minimum Gasteiger partial charge on any atom is -0.497 e. The van der Waals surface area contributed by atoms with Crippen LogP contribution < -0.4 is 10.3 Å². The van der Waals surface area contributed by atoms with Crippen LogP contribution in [0.4, 0.5) is 0 Å². The molecule has 0 spiro atoms. The Morgan fingerprint density at radius 3 is 2.25 bits per heavy atom. The van der Waals surface area contributed by atoms with Crippen LogP contribution in [0.5, 0.6) is 5.75 Å². The van der Waals surface area contributed by atoms with Crippen molar-refractivity contribution in [2.75, 3.05) is 7.11 Å². The van der Waals surface area contributed by atoms with Crippen molar-refractivity contribution in [3.05, 3.63) is 70.3 Å². The van der Waals surface area contributed by atoms with Crippen LogP contribution in [-0.4, -0.2) is 31.2 Å². The van der Waals surface area contributed by atoms with Gasteiger partial charge in [-0.15, -0.1) is 0 Å². The van der Waals surface area contributed by atoms with Gasteiger partial charge in [0.2, 0.25) is 0 Å². The number of unbranched alkanes of at least 4 members (excludes halogenated alkanes) is 4. The number of para-hydroxylation sites is 2. The van der Waals surface area contributed by atoms with E-state index in [9.17, 15) is 4.79 Å². The van der Waals surface area contributed by atoms with Crippen molar-refractivity contribution < 1.29 is 4.74 Å². The predicted octanol–water partition coefficient (Wildman–Crippen LogP) is 5.82. The maximum absolute atomic E-state index is 13.8.